The summed E-state index contributed by atoms with van der Waals surface area (Å²) in [6, 6.07) is 4.66. The molecule has 1 aromatic carbocycles. The molecule has 7 heteroatoms. The number of alkyl halides is 2. The Hall–Kier alpha value is -1.44. The fraction of sp³-hybridized carbons (Fsp3) is 0.571. The summed E-state index contributed by atoms with van der Waals surface area (Å²) in [6.07, 6.45) is 1.51. The fourth-order valence-corrected chi connectivity index (χ4v) is 1.95. The fourth-order valence-electron chi connectivity index (χ4n) is 1.95. The summed E-state index contributed by atoms with van der Waals surface area (Å²) in [5.41, 5.74) is 6.46. The lowest BCUT2D eigenvalue weighted by molar-refractivity contribution is -0.0512. The SMILES string of the molecule is COc1ccc(C(CN)NCCCCO)cc1OC(F)F. The van der Waals surface area contributed by atoms with E-state index in [0.717, 1.165) is 12.0 Å². The highest BCUT2D eigenvalue weighted by Gasteiger charge is 2.15. The number of unbranched alkanes of at least 4 members (excludes halogenated alkanes) is 1. The van der Waals surface area contributed by atoms with Gasteiger partial charge in [-0.2, -0.15) is 8.78 Å². The third-order valence-electron chi connectivity index (χ3n) is 3.02. The monoisotopic (exact) mass is 304 g/mol. The van der Waals surface area contributed by atoms with Crippen LogP contribution in [-0.4, -0.2) is 38.5 Å². The Labute approximate surface area is 123 Å². The van der Waals surface area contributed by atoms with Crippen molar-refractivity contribution in [2.45, 2.75) is 25.5 Å². The molecule has 1 unspecified atom stereocenters. The van der Waals surface area contributed by atoms with E-state index in [4.69, 9.17) is 15.6 Å². The van der Waals surface area contributed by atoms with E-state index in [0.29, 0.717) is 19.5 Å². The second-order valence-corrected chi connectivity index (χ2v) is 4.46. The van der Waals surface area contributed by atoms with Gasteiger partial charge in [0, 0.05) is 19.2 Å². The largest absolute Gasteiger partial charge is 0.493 e. The number of rotatable bonds is 10. The summed E-state index contributed by atoms with van der Waals surface area (Å²) in [6.45, 7) is -1.77. The molecule has 0 saturated carbocycles. The van der Waals surface area contributed by atoms with Gasteiger partial charge in [0.25, 0.3) is 0 Å². The van der Waals surface area contributed by atoms with E-state index in [1.54, 1.807) is 12.1 Å². The predicted octanol–water partition coefficient (Wildman–Crippen LogP) is 1.66. The lowest BCUT2D eigenvalue weighted by Crippen LogP contribution is -2.29. The first-order valence-corrected chi connectivity index (χ1v) is 6.79. The molecule has 21 heavy (non-hydrogen) atoms. The normalized spacial score (nSPS) is 12.5. The Morgan fingerprint density at radius 2 is 2.05 bits per heavy atom. The number of nitrogens with one attached hydrogen (secondary N) is 1. The molecule has 4 N–H and O–H groups in total. The van der Waals surface area contributed by atoms with Crippen molar-refractivity contribution in [3.05, 3.63) is 23.8 Å². The van der Waals surface area contributed by atoms with Gasteiger partial charge in [-0.1, -0.05) is 6.07 Å². The van der Waals surface area contributed by atoms with Crippen LogP contribution in [0, 0.1) is 0 Å². The Balaban J connectivity index is 2.78. The second kappa shape index (κ2) is 9.49. The number of nitrogens with two attached hydrogens (primary N) is 1. The van der Waals surface area contributed by atoms with E-state index in [2.05, 4.69) is 10.1 Å². The maximum atomic E-state index is 12.4. The minimum Gasteiger partial charge on any atom is -0.493 e. The second-order valence-electron chi connectivity index (χ2n) is 4.46. The van der Waals surface area contributed by atoms with Gasteiger partial charge in [0.15, 0.2) is 11.5 Å². The molecule has 0 aliphatic carbocycles. The number of benzene rings is 1. The quantitative estimate of drug-likeness (QED) is 0.573. The molecule has 1 atom stereocenters. The molecular weight excluding hydrogens is 282 g/mol. The van der Waals surface area contributed by atoms with Gasteiger partial charge in [-0.3, -0.25) is 0 Å². The van der Waals surface area contributed by atoms with Crippen LogP contribution in [0.2, 0.25) is 0 Å². The van der Waals surface area contributed by atoms with E-state index < -0.39 is 6.61 Å². The van der Waals surface area contributed by atoms with Crippen LogP contribution in [0.4, 0.5) is 8.78 Å². The van der Waals surface area contributed by atoms with Gasteiger partial charge in [0.2, 0.25) is 0 Å². The average molecular weight is 304 g/mol. The van der Waals surface area contributed by atoms with Crippen molar-refractivity contribution < 1.29 is 23.4 Å². The zero-order valence-electron chi connectivity index (χ0n) is 12.0. The number of halogens is 2. The van der Waals surface area contributed by atoms with Crippen molar-refractivity contribution in [1.29, 1.82) is 0 Å². The topological polar surface area (TPSA) is 76.7 Å². The molecule has 0 bridgehead atoms. The molecule has 120 valence electrons. The van der Waals surface area contributed by atoms with Crippen LogP contribution in [0.5, 0.6) is 11.5 Å². The maximum Gasteiger partial charge on any atom is 0.387 e. The molecule has 1 aromatic rings. The molecule has 5 nitrogen and oxygen atoms in total. The van der Waals surface area contributed by atoms with Crippen LogP contribution < -0.4 is 20.5 Å². The van der Waals surface area contributed by atoms with Gasteiger partial charge < -0.3 is 25.6 Å². The standard InChI is InChI=1S/C14H22F2N2O3/c1-20-12-5-4-10(8-13(12)21-14(15)16)11(9-17)18-6-2-3-7-19/h4-5,8,11,14,18-19H,2-3,6-7,9,17H2,1H3. The van der Waals surface area contributed by atoms with Crippen LogP contribution in [0.1, 0.15) is 24.4 Å². The van der Waals surface area contributed by atoms with Crippen molar-refractivity contribution in [2.24, 2.45) is 5.73 Å². The minimum atomic E-state index is -2.91. The van der Waals surface area contributed by atoms with Crippen molar-refractivity contribution in [2.75, 3.05) is 26.8 Å². The van der Waals surface area contributed by atoms with Crippen LogP contribution in [0.3, 0.4) is 0 Å². The molecule has 0 heterocycles. The minimum absolute atomic E-state index is 0.0133. The van der Waals surface area contributed by atoms with E-state index in [1.165, 1.54) is 13.2 Å². The number of methoxy groups -OCH3 is 1. The number of hydrogen-bond acceptors (Lipinski definition) is 5. The smallest absolute Gasteiger partial charge is 0.387 e. The Morgan fingerprint density at radius 1 is 1.29 bits per heavy atom. The molecule has 1 rings (SSSR count). The zero-order valence-corrected chi connectivity index (χ0v) is 12.0. The summed E-state index contributed by atoms with van der Waals surface area (Å²) in [5, 5.41) is 11.9. The highest BCUT2D eigenvalue weighted by molar-refractivity contribution is 5.44. The van der Waals surface area contributed by atoms with E-state index >= 15 is 0 Å². The molecular formula is C14H22F2N2O3. The Morgan fingerprint density at radius 3 is 2.62 bits per heavy atom. The van der Waals surface area contributed by atoms with E-state index in [1.807, 2.05) is 0 Å². The summed E-state index contributed by atoms with van der Waals surface area (Å²) in [4.78, 5) is 0. The third-order valence-corrected chi connectivity index (χ3v) is 3.02. The molecule has 0 fully saturated rings. The van der Waals surface area contributed by atoms with Gasteiger partial charge in [0.05, 0.1) is 7.11 Å². The third kappa shape index (κ3) is 5.82. The predicted molar refractivity (Wildman–Crippen MR) is 75.7 cm³/mol. The van der Waals surface area contributed by atoms with Crippen molar-refractivity contribution in [3.63, 3.8) is 0 Å². The molecule has 0 aromatic heterocycles. The summed E-state index contributed by atoms with van der Waals surface area (Å²) in [7, 11) is 1.39. The summed E-state index contributed by atoms with van der Waals surface area (Å²) < 4.78 is 34.2. The van der Waals surface area contributed by atoms with Crippen LogP contribution >= 0.6 is 0 Å². The highest BCUT2D eigenvalue weighted by Crippen LogP contribution is 2.31. The Kier molecular flexibility index (Phi) is 7.96. The van der Waals surface area contributed by atoms with Crippen LogP contribution in [0.15, 0.2) is 18.2 Å². The van der Waals surface area contributed by atoms with E-state index in [-0.39, 0.29) is 24.1 Å². The molecule has 0 saturated heterocycles. The van der Waals surface area contributed by atoms with Gasteiger partial charge in [0.1, 0.15) is 0 Å². The number of aliphatic hydroxyl groups is 1. The van der Waals surface area contributed by atoms with Gasteiger partial charge in [-0.25, -0.2) is 0 Å². The summed E-state index contributed by atoms with van der Waals surface area (Å²) in [5.74, 6) is 0.232. The number of aliphatic hydroxyl groups excluding tert-OH is 1. The molecule has 0 spiro atoms. The number of ether oxygens (including phenoxy) is 2. The number of hydrogen-bond donors (Lipinski definition) is 3. The van der Waals surface area contributed by atoms with Crippen LogP contribution in [0.25, 0.3) is 0 Å². The zero-order chi connectivity index (χ0) is 15.7. The molecule has 0 aliphatic heterocycles. The first kappa shape index (κ1) is 17.6. The van der Waals surface area contributed by atoms with Gasteiger partial charge in [-0.15, -0.1) is 0 Å². The van der Waals surface area contributed by atoms with Crippen LogP contribution in [-0.2, 0) is 0 Å². The molecule has 0 aliphatic rings. The highest BCUT2D eigenvalue weighted by atomic mass is 19.3. The summed E-state index contributed by atoms with van der Waals surface area (Å²) >= 11 is 0. The maximum absolute atomic E-state index is 12.4. The first-order chi connectivity index (χ1) is 10.1. The average Bonchev–Trinajstić information content (AvgIpc) is 2.47. The van der Waals surface area contributed by atoms with Crippen molar-refractivity contribution in [1.82, 2.24) is 5.32 Å². The molecule has 0 radical (unpaired) electrons. The van der Waals surface area contributed by atoms with Gasteiger partial charge >= 0.3 is 6.61 Å². The lowest BCUT2D eigenvalue weighted by atomic mass is 10.1. The first-order valence-electron chi connectivity index (χ1n) is 6.79. The lowest BCUT2D eigenvalue weighted by Gasteiger charge is -2.19. The van der Waals surface area contributed by atoms with E-state index in [9.17, 15) is 8.78 Å². The van der Waals surface area contributed by atoms with Gasteiger partial charge in [-0.05, 0) is 37.1 Å². The molecule has 0 amide bonds. The Bertz CT molecular complexity index is 419. The van der Waals surface area contributed by atoms with Crippen molar-refractivity contribution in [3.8, 4) is 11.5 Å². The van der Waals surface area contributed by atoms with Crippen molar-refractivity contribution >= 4 is 0 Å².